The number of alkyl halides is 3. The average Bonchev–Trinajstić information content (AvgIpc) is 2.62. The van der Waals surface area contributed by atoms with Gasteiger partial charge in [0.25, 0.3) is 5.69 Å². The number of anilines is 1. The number of nitro groups is 1. The number of para-hydroxylation sites is 1. The molecule has 2 rings (SSSR count). The molecule has 0 saturated heterocycles. The Morgan fingerprint density at radius 3 is 2.46 bits per heavy atom. The van der Waals surface area contributed by atoms with Crippen LogP contribution >= 0.6 is 11.6 Å². The van der Waals surface area contributed by atoms with Crippen molar-refractivity contribution >= 4 is 41.0 Å². The largest absolute Gasteiger partial charge is 0.417 e. The number of hydrogen-bond donors (Lipinski definition) is 2. The van der Waals surface area contributed by atoms with Gasteiger partial charge in [-0.05, 0) is 24.3 Å². The lowest BCUT2D eigenvalue weighted by atomic mass is 10.2. The Hall–Kier alpha value is -3.47. The maximum Gasteiger partial charge on any atom is 0.417 e. The van der Waals surface area contributed by atoms with Crippen LogP contribution in [-0.2, 0) is 15.8 Å². The summed E-state index contributed by atoms with van der Waals surface area (Å²) >= 11 is 5.46. The van der Waals surface area contributed by atoms with E-state index in [0.29, 0.717) is 6.07 Å². The zero-order valence-electron chi connectivity index (χ0n) is 13.7. The molecule has 0 fully saturated rings. The number of nitrogens with zero attached hydrogens (tertiary/aromatic N) is 2. The summed E-state index contributed by atoms with van der Waals surface area (Å²) in [7, 11) is 0. The first kappa shape index (κ1) is 20.8. The van der Waals surface area contributed by atoms with Gasteiger partial charge in [-0.1, -0.05) is 23.7 Å². The number of hydrazone groups is 1. The predicted octanol–water partition coefficient (Wildman–Crippen LogP) is 3.36. The normalized spacial score (nSPS) is 11.3. The molecule has 8 nitrogen and oxygen atoms in total. The summed E-state index contributed by atoms with van der Waals surface area (Å²) in [5, 5.41) is 15.7. The number of amides is 2. The van der Waals surface area contributed by atoms with Gasteiger partial charge in [0.05, 0.1) is 27.3 Å². The van der Waals surface area contributed by atoms with Crippen molar-refractivity contribution in [1.82, 2.24) is 5.43 Å². The van der Waals surface area contributed by atoms with E-state index in [4.69, 9.17) is 11.6 Å². The van der Waals surface area contributed by atoms with E-state index in [0.717, 1.165) is 18.3 Å². The zero-order valence-corrected chi connectivity index (χ0v) is 14.4. The molecule has 0 spiro atoms. The highest BCUT2D eigenvalue weighted by Crippen LogP contribution is 2.36. The minimum atomic E-state index is -4.74. The summed E-state index contributed by atoms with van der Waals surface area (Å²) in [5.74, 6) is -2.59. The van der Waals surface area contributed by atoms with Crippen molar-refractivity contribution in [3.63, 3.8) is 0 Å². The van der Waals surface area contributed by atoms with Crippen LogP contribution in [0.15, 0.2) is 47.6 Å². The van der Waals surface area contributed by atoms with Crippen LogP contribution < -0.4 is 10.7 Å². The lowest BCUT2D eigenvalue weighted by Gasteiger charge is -2.11. The molecule has 12 heteroatoms. The van der Waals surface area contributed by atoms with Crippen molar-refractivity contribution in [3.8, 4) is 0 Å². The second-order valence-electron chi connectivity index (χ2n) is 5.16. The van der Waals surface area contributed by atoms with Gasteiger partial charge < -0.3 is 5.32 Å². The third-order valence-electron chi connectivity index (χ3n) is 3.24. The molecular formula is C16H10ClF3N4O4. The molecule has 0 aliphatic heterocycles. The first-order valence-electron chi connectivity index (χ1n) is 7.34. The molecular weight excluding hydrogens is 405 g/mol. The second-order valence-corrected chi connectivity index (χ2v) is 5.57. The minimum absolute atomic E-state index is 0.0701. The Morgan fingerprint density at radius 2 is 1.82 bits per heavy atom. The van der Waals surface area contributed by atoms with E-state index in [-0.39, 0.29) is 16.9 Å². The topological polar surface area (TPSA) is 114 Å². The molecule has 2 aromatic carbocycles. The second kappa shape index (κ2) is 8.48. The van der Waals surface area contributed by atoms with E-state index in [9.17, 15) is 32.9 Å². The van der Waals surface area contributed by atoms with Gasteiger partial charge >= 0.3 is 18.0 Å². The Morgan fingerprint density at radius 1 is 1.14 bits per heavy atom. The quantitative estimate of drug-likeness (QED) is 0.345. The number of carbonyl (C=O) groups excluding carboxylic acids is 2. The number of rotatable bonds is 4. The van der Waals surface area contributed by atoms with Crippen molar-refractivity contribution in [2.75, 3.05) is 5.32 Å². The molecule has 0 aromatic heterocycles. The fourth-order valence-electron chi connectivity index (χ4n) is 1.98. The molecule has 0 unspecified atom stereocenters. The molecule has 0 atom stereocenters. The standard InChI is InChI=1S/C16H10ClF3N4O4/c17-12-6-5-10(7-11(12)16(18,19)20)22-14(25)15(26)23-21-8-9-3-1-2-4-13(9)24(27)28/h1-8H,(H,22,25)(H,23,26)/b21-8+. The van der Waals surface area contributed by atoms with Gasteiger partial charge in [-0.25, -0.2) is 5.43 Å². The maximum atomic E-state index is 12.8. The van der Waals surface area contributed by atoms with Crippen molar-refractivity contribution in [2.24, 2.45) is 5.10 Å². The Kier molecular flexibility index (Phi) is 6.31. The van der Waals surface area contributed by atoms with Crippen LogP contribution in [0.5, 0.6) is 0 Å². The molecule has 2 N–H and O–H groups in total. The van der Waals surface area contributed by atoms with Gasteiger partial charge in [-0.3, -0.25) is 19.7 Å². The zero-order chi connectivity index (χ0) is 20.9. The summed E-state index contributed by atoms with van der Waals surface area (Å²) in [6, 6.07) is 8.09. The molecule has 0 radical (unpaired) electrons. The van der Waals surface area contributed by atoms with Gasteiger partial charge in [0.1, 0.15) is 0 Å². The molecule has 2 aromatic rings. The Balaban J connectivity index is 2.05. The molecule has 0 aliphatic carbocycles. The highest BCUT2D eigenvalue weighted by Gasteiger charge is 2.33. The van der Waals surface area contributed by atoms with Crippen LogP contribution in [0, 0.1) is 10.1 Å². The number of carbonyl (C=O) groups is 2. The van der Waals surface area contributed by atoms with Crippen LogP contribution in [0.2, 0.25) is 5.02 Å². The Bertz CT molecular complexity index is 963. The van der Waals surface area contributed by atoms with E-state index < -0.39 is 33.5 Å². The predicted molar refractivity (Wildman–Crippen MR) is 93.9 cm³/mol. The van der Waals surface area contributed by atoms with Crippen LogP contribution in [0.4, 0.5) is 24.5 Å². The first-order valence-corrected chi connectivity index (χ1v) is 7.72. The van der Waals surface area contributed by atoms with Crippen LogP contribution in [0.25, 0.3) is 0 Å². The number of benzene rings is 2. The Labute approximate surface area is 160 Å². The first-order chi connectivity index (χ1) is 13.1. The number of halogens is 4. The number of nitro benzene ring substituents is 1. The molecule has 2 amide bonds. The van der Waals surface area contributed by atoms with Crippen molar-refractivity contribution in [2.45, 2.75) is 6.18 Å². The van der Waals surface area contributed by atoms with Gasteiger partial charge in [-0.2, -0.15) is 18.3 Å². The summed E-state index contributed by atoms with van der Waals surface area (Å²) in [4.78, 5) is 33.6. The molecule has 0 bridgehead atoms. The molecule has 0 saturated carbocycles. The van der Waals surface area contributed by atoms with E-state index in [1.165, 1.54) is 24.3 Å². The molecule has 0 aliphatic rings. The van der Waals surface area contributed by atoms with Gasteiger partial charge in [0.15, 0.2) is 0 Å². The summed E-state index contributed by atoms with van der Waals surface area (Å²) in [5.41, 5.74) is 0.134. The highest BCUT2D eigenvalue weighted by molar-refractivity contribution is 6.39. The van der Waals surface area contributed by atoms with Crippen LogP contribution in [0.1, 0.15) is 11.1 Å². The fourth-order valence-corrected chi connectivity index (χ4v) is 2.21. The molecule has 146 valence electrons. The average molecular weight is 415 g/mol. The number of nitrogens with one attached hydrogen (secondary N) is 2. The van der Waals surface area contributed by atoms with Crippen LogP contribution in [0.3, 0.4) is 0 Å². The monoisotopic (exact) mass is 414 g/mol. The smallest absolute Gasteiger partial charge is 0.318 e. The fraction of sp³-hybridized carbons (Fsp3) is 0.0625. The maximum absolute atomic E-state index is 12.8. The molecule has 0 heterocycles. The summed E-state index contributed by atoms with van der Waals surface area (Å²) in [6.45, 7) is 0. The van der Waals surface area contributed by atoms with E-state index in [2.05, 4.69) is 5.10 Å². The third-order valence-corrected chi connectivity index (χ3v) is 3.57. The highest BCUT2D eigenvalue weighted by atomic mass is 35.5. The summed E-state index contributed by atoms with van der Waals surface area (Å²) < 4.78 is 38.4. The number of hydrogen-bond acceptors (Lipinski definition) is 5. The van der Waals surface area contributed by atoms with E-state index in [1.807, 2.05) is 10.7 Å². The minimum Gasteiger partial charge on any atom is -0.318 e. The lowest BCUT2D eigenvalue weighted by Crippen LogP contribution is -2.32. The van der Waals surface area contributed by atoms with Gasteiger partial charge in [-0.15, -0.1) is 0 Å². The third kappa shape index (κ3) is 5.27. The van der Waals surface area contributed by atoms with Gasteiger partial charge in [0.2, 0.25) is 0 Å². The SMILES string of the molecule is O=C(N/N=C/c1ccccc1[N+](=O)[O-])C(=O)Nc1ccc(Cl)c(C(F)(F)F)c1. The van der Waals surface area contributed by atoms with Gasteiger partial charge in [0, 0.05) is 11.8 Å². The van der Waals surface area contributed by atoms with Crippen molar-refractivity contribution in [1.29, 1.82) is 0 Å². The van der Waals surface area contributed by atoms with E-state index >= 15 is 0 Å². The van der Waals surface area contributed by atoms with E-state index in [1.54, 1.807) is 0 Å². The van der Waals surface area contributed by atoms with Crippen molar-refractivity contribution in [3.05, 3.63) is 68.7 Å². The lowest BCUT2D eigenvalue weighted by molar-refractivity contribution is -0.385. The van der Waals surface area contributed by atoms with Crippen molar-refractivity contribution < 1.29 is 27.7 Å². The van der Waals surface area contributed by atoms with Crippen LogP contribution in [-0.4, -0.2) is 23.0 Å². The summed E-state index contributed by atoms with van der Waals surface area (Å²) in [6.07, 6.45) is -3.79. The molecule has 28 heavy (non-hydrogen) atoms.